The van der Waals surface area contributed by atoms with E-state index < -0.39 is 9.84 Å². The zero-order chi connectivity index (χ0) is 14.3. The lowest BCUT2D eigenvalue weighted by atomic mass is 10.2. The number of nitrogens with zero attached hydrogens (tertiary/aromatic N) is 2. The highest BCUT2D eigenvalue weighted by Gasteiger charge is 2.07. The van der Waals surface area contributed by atoms with Crippen molar-refractivity contribution in [3.63, 3.8) is 0 Å². The molecule has 6 nitrogen and oxygen atoms in total. The van der Waals surface area contributed by atoms with E-state index >= 15 is 0 Å². The molecule has 1 N–H and O–H groups in total. The molecule has 0 amide bonds. The second kappa shape index (κ2) is 7.62. The summed E-state index contributed by atoms with van der Waals surface area (Å²) < 4.78 is 28.9. The summed E-state index contributed by atoms with van der Waals surface area (Å²) in [6.45, 7) is 4.87. The first-order chi connectivity index (χ1) is 8.94. The Morgan fingerprint density at radius 1 is 1.47 bits per heavy atom. The van der Waals surface area contributed by atoms with Gasteiger partial charge in [-0.2, -0.15) is 5.10 Å². The van der Waals surface area contributed by atoms with Crippen molar-refractivity contribution in [2.45, 2.75) is 26.4 Å². The number of aryl methyl sites for hydroxylation is 1. The van der Waals surface area contributed by atoms with Crippen molar-refractivity contribution >= 4 is 9.84 Å². The van der Waals surface area contributed by atoms with Crippen LogP contribution in [0, 0.1) is 6.92 Å². The molecule has 19 heavy (non-hydrogen) atoms. The quantitative estimate of drug-likeness (QED) is 0.665. The summed E-state index contributed by atoms with van der Waals surface area (Å²) in [6.07, 6.45) is 3.68. The van der Waals surface area contributed by atoms with Crippen molar-refractivity contribution in [1.29, 1.82) is 0 Å². The third-order valence-electron chi connectivity index (χ3n) is 2.89. The standard InChI is InChI=1S/C12H23N3O3S/c1-11-12(9-13-5-7-18-2)10-14-15(11)6-4-8-19(3,16)17/h10,13H,4-9H2,1-3H3. The minimum Gasteiger partial charge on any atom is -0.383 e. The predicted molar refractivity (Wildman–Crippen MR) is 74.9 cm³/mol. The van der Waals surface area contributed by atoms with Gasteiger partial charge in [0.15, 0.2) is 0 Å². The van der Waals surface area contributed by atoms with Gasteiger partial charge in [0.25, 0.3) is 0 Å². The van der Waals surface area contributed by atoms with Crippen LogP contribution in [0.25, 0.3) is 0 Å². The molecule has 1 aromatic heterocycles. The molecule has 0 aliphatic heterocycles. The van der Waals surface area contributed by atoms with Crippen molar-refractivity contribution < 1.29 is 13.2 Å². The number of nitrogens with one attached hydrogen (secondary N) is 1. The molecular weight excluding hydrogens is 266 g/mol. The molecule has 1 rings (SSSR count). The second-order valence-corrected chi connectivity index (χ2v) is 6.89. The van der Waals surface area contributed by atoms with Gasteiger partial charge >= 0.3 is 0 Å². The van der Waals surface area contributed by atoms with Gasteiger partial charge in [-0.05, 0) is 13.3 Å². The summed E-state index contributed by atoms with van der Waals surface area (Å²) in [5.74, 6) is 0.202. The average Bonchev–Trinajstić information content (AvgIpc) is 2.65. The maximum atomic E-state index is 11.1. The molecule has 7 heteroatoms. The highest BCUT2D eigenvalue weighted by atomic mass is 32.2. The molecule has 0 aliphatic rings. The third kappa shape index (κ3) is 6.17. The average molecular weight is 289 g/mol. The number of aromatic nitrogens is 2. The Bertz CT molecular complexity index is 482. The Morgan fingerprint density at radius 3 is 2.84 bits per heavy atom. The topological polar surface area (TPSA) is 73.2 Å². The fourth-order valence-electron chi connectivity index (χ4n) is 1.76. The minimum atomic E-state index is -2.89. The lowest BCUT2D eigenvalue weighted by Gasteiger charge is -2.06. The van der Waals surface area contributed by atoms with E-state index in [0.29, 0.717) is 19.6 Å². The molecule has 0 atom stereocenters. The lowest BCUT2D eigenvalue weighted by molar-refractivity contribution is 0.199. The number of ether oxygens (including phenoxy) is 1. The van der Waals surface area contributed by atoms with Gasteiger partial charge in [0, 0.05) is 44.3 Å². The highest BCUT2D eigenvalue weighted by molar-refractivity contribution is 7.90. The summed E-state index contributed by atoms with van der Waals surface area (Å²) in [5, 5.41) is 7.55. The normalized spacial score (nSPS) is 11.9. The van der Waals surface area contributed by atoms with Crippen LogP contribution in [0.15, 0.2) is 6.20 Å². The van der Waals surface area contributed by atoms with Crippen molar-refractivity contribution in [3.05, 3.63) is 17.5 Å². The van der Waals surface area contributed by atoms with Crippen LogP contribution >= 0.6 is 0 Å². The number of hydrogen-bond donors (Lipinski definition) is 1. The molecule has 0 saturated heterocycles. The van der Waals surface area contributed by atoms with Gasteiger partial charge in [0.2, 0.25) is 0 Å². The fraction of sp³-hybridized carbons (Fsp3) is 0.750. The van der Waals surface area contributed by atoms with E-state index in [2.05, 4.69) is 10.4 Å². The number of hydrogen-bond acceptors (Lipinski definition) is 5. The predicted octanol–water partition coefficient (Wildman–Crippen LogP) is 0.362. The number of sulfone groups is 1. The summed E-state index contributed by atoms with van der Waals surface area (Å²) in [7, 11) is -1.21. The SMILES string of the molecule is COCCNCc1cnn(CCCS(C)(=O)=O)c1C. The third-order valence-corrected chi connectivity index (χ3v) is 3.92. The maximum absolute atomic E-state index is 11.1. The molecule has 0 aliphatic carbocycles. The molecule has 0 aromatic carbocycles. The van der Waals surface area contributed by atoms with Crippen LogP contribution in [0.1, 0.15) is 17.7 Å². The summed E-state index contributed by atoms with van der Waals surface area (Å²) >= 11 is 0. The van der Waals surface area contributed by atoms with Crippen molar-refractivity contribution in [1.82, 2.24) is 15.1 Å². The Hall–Kier alpha value is -0.920. The van der Waals surface area contributed by atoms with Gasteiger partial charge in [0.1, 0.15) is 9.84 Å². The number of rotatable bonds is 9. The molecule has 0 radical (unpaired) electrons. The monoisotopic (exact) mass is 289 g/mol. The molecule has 0 fully saturated rings. The van der Waals surface area contributed by atoms with E-state index in [9.17, 15) is 8.42 Å². The molecular formula is C12H23N3O3S. The molecule has 0 spiro atoms. The molecule has 0 bridgehead atoms. The van der Waals surface area contributed by atoms with E-state index in [1.165, 1.54) is 6.26 Å². The van der Waals surface area contributed by atoms with Crippen molar-refractivity contribution in [2.75, 3.05) is 32.3 Å². The van der Waals surface area contributed by atoms with Crippen molar-refractivity contribution in [2.24, 2.45) is 0 Å². The Morgan fingerprint density at radius 2 is 2.21 bits per heavy atom. The zero-order valence-corrected chi connectivity index (χ0v) is 12.7. The molecule has 0 unspecified atom stereocenters. The summed E-state index contributed by atoms with van der Waals surface area (Å²) in [4.78, 5) is 0. The van der Waals surface area contributed by atoms with Gasteiger partial charge in [0.05, 0.1) is 18.6 Å². The molecule has 110 valence electrons. The Kier molecular flexibility index (Phi) is 6.47. The lowest BCUT2D eigenvalue weighted by Crippen LogP contribution is -2.19. The molecule has 1 heterocycles. The number of methoxy groups -OCH3 is 1. The fourth-order valence-corrected chi connectivity index (χ4v) is 2.41. The molecule has 0 saturated carbocycles. The summed E-state index contributed by atoms with van der Waals surface area (Å²) in [5.41, 5.74) is 2.22. The highest BCUT2D eigenvalue weighted by Crippen LogP contribution is 2.07. The van der Waals surface area contributed by atoms with Crippen LogP contribution in [0.3, 0.4) is 0 Å². The summed E-state index contributed by atoms with van der Waals surface area (Å²) in [6, 6.07) is 0. The van der Waals surface area contributed by atoms with E-state index in [-0.39, 0.29) is 5.75 Å². The van der Waals surface area contributed by atoms with Gasteiger partial charge in [-0.25, -0.2) is 8.42 Å². The van der Waals surface area contributed by atoms with Gasteiger partial charge in [-0.1, -0.05) is 0 Å². The second-order valence-electron chi connectivity index (χ2n) is 4.63. The van der Waals surface area contributed by atoms with E-state index in [1.54, 1.807) is 7.11 Å². The van der Waals surface area contributed by atoms with E-state index in [4.69, 9.17) is 4.74 Å². The van der Waals surface area contributed by atoms with E-state index in [0.717, 1.165) is 24.3 Å². The van der Waals surface area contributed by atoms with Crippen LogP contribution < -0.4 is 5.32 Å². The Labute approximate surface area is 115 Å². The van der Waals surface area contributed by atoms with Crippen LogP contribution in [-0.4, -0.2) is 50.5 Å². The van der Waals surface area contributed by atoms with Crippen LogP contribution in [0.5, 0.6) is 0 Å². The van der Waals surface area contributed by atoms with E-state index in [1.807, 2.05) is 17.8 Å². The minimum absolute atomic E-state index is 0.202. The first-order valence-corrected chi connectivity index (χ1v) is 8.39. The first-order valence-electron chi connectivity index (χ1n) is 6.32. The van der Waals surface area contributed by atoms with Crippen LogP contribution in [-0.2, 0) is 27.7 Å². The van der Waals surface area contributed by atoms with Gasteiger partial charge < -0.3 is 10.1 Å². The smallest absolute Gasteiger partial charge is 0.147 e. The largest absolute Gasteiger partial charge is 0.383 e. The maximum Gasteiger partial charge on any atom is 0.147 e. The zero-order valence-electron chi connectivity index (χ0n) is 11.8. The molecule has 1 aromatic rings. The Balaban J connectivity index is 2.42. The van der Waals surface area contributed by atoms with Gasteiger partial charge in [-0.3, -0.25) is 4.68 Å². The van der Waals surface area contributed by atoms with Gasteiger partial charge in [-0.15, -0.1) is 0 Å². The van der Waals surface area contributed by atoms with Crippen LogP contribution in [0.4, 0.5) is 0 Å². The first kappa shape index (κ1) is 16.1. The van der Waals surface area contributed by atoms with Crippen molar-refractivity contribution in [3.8, 4) is 0 Å². The van der Waals surface area contributed by atoms with Crippen LogP contribution in [0.2, 0.25) is 0 Å².